The van der Waals surface area contributed by atoms with Gasteiger partial charge in [0, 0.05) is 6.42 Å². The average Bonchev–Trinajstić information content (AvgIpc) is 3.04. The molecule has 0 heterocycles. The Kier molecular flexibility index (Phi) is 4.93. The Bertz CT molecular complexity index is 1040. The summed E-state index contributed by atoms with van der Waals surface area (Å²) >= 11 is 0. The van der Waals surface area contributed by atoms with Crippen molar-refractivity contribution in [3.63, 3.8) is 0 Å². The van der Waals surface area contributed by atoms with Crippen LogP contribution < -0.4 is 5.32 Å². The normalized spacial score (nSPS) is 13.4. The van der Waals surface area contributed by atoms with Crippen molar-refractivity contribution < 1.29 is 14.7 Å². The number of rotatable bonds is 5. The second-order valence-electron chi connectivity index (χ2n) is 7.58. The van der Waals surface area contributed by atoms with Crippen LogP contribution in [-0.2, 0) is 16.0 Å². The van der Waals surface area contributed by atoms with Crippen LogP contribution in [0.15, 0.2) is 66.7 Å². The van der Waals surface area contributed by atoms with Crippen molar-refractivity contribution in [3.05, 3.63) is 94.5 Å². The van der Waals surface area contributed by atoms with E-state index in [0.29, 0.717) is 0 Å². The van der Waals surface area contributed by atoms with Crippen molar-refractivity contribution in [1.82, 2.24) is 5.32 Å². The zero-order chi connectivity index (χ0) is 20.5. The van der Waals surface area contributed by atoms with Crippen molar-refractivity contribution in [2.75, 3.05) is 0 Å². The number of carboxylic acid groups (broad SMARTS) is 1. The maximum atomic E-state index is 13.3. The first-order chi connectivity index (χ1) is 14.0. The van der Waals surface area contributed by atoms with Crippen LogP contribution in [0.3, 0.4) is 0 Å². The molecule has 4 rings (SSSR count). The number of carbonyl (C=O) groups excluding carboxylic acids is 1. The summed E-state index contributed by atoms with van der Waals surface area (Å²) in [5, 5.41) is 12.6. The first-order valence-electron chi connectivity index (χ1n) is 9.74. The molecule has 0 radical (unpaired) electrons. The Labute approximate surface area is 170 Å². The van der Waals surface area contributed by atoms with E-state index in [1.165, 1.54) is 0 Å². The van der Waals surface area contributed by atoms with Gasteiger partial charge in [-0.15, -0.1) is 0 Å². The molecule has 3 aromatic carbocycles. The highest BCUT2D eigenvalue weighted by molar-refractivity contribution is 5.97. The van der Waals surface area contributed by atoms with E-state index in [9.17, 15) is 14.7 Å². The topological polar surface area (TPSA) is 66.4 Å². The smallest absolute Gasteiger partial charge is 0.326 e. The van der Waals surface area contributed by atoms with Crippen molar-refractivity contribution in [1.29, 1.82) is 0 Å². The highest BCUT2D eigenvalue weighted by Gasteiger charge is 2.35. The Balaban J connectivity index is 1.65. The fraction of sp³-hybridized carbons (Fsp3) is 0.200. The van der Waals surface area contributed by atoms with Crippen LogP contribution in [0, 0.1) is 13.8 Å². The highest BCUT2D eigenvalue weighted by Crippen LogP contribution is 2.44. The summed E-state index contributed by atoms with van der Waals surface area (Å²) < 4.78 is 0. The van der Waals surface area contributed by atoms with E-state index in [-0.39, 0.29) is 12.3 Å². The number of nitrogens with one attached hydrogen (secondary N) is 1. The molecular weight excluding hydrogens is 362 g/mol. The largest absolute Gasteiger partial charge is 0.480 e. The van der Waals surface area contributed by atoms with Gasteiger partial charge in [0.05, 0.1) is 5.92 Å². The lowest BCUT2D eigenvalue weighted by Gasteiger charge is -2.20. The molecule has 1 atom stereocenters. The molecule has 0 saturated carbocycles. The summed E-state index contributed by atoms with van der Waals surface area (Å²) in [7, 11) is 0. The minimum Gasteiger partial charge on any atom is -0.480 e. The van der Waals surface area contributed by atoms with Crippen LogP contribution in [-0.4, -0.2) is 23.0 Å². The van der Waals surface area contributed by atoms with Crippen LogP contribution >= 0.6 is 0 Å². The molecule has 0 bridgehead atoms. The van der Waals surface area contributed by atoms with E-state index >= 15 is 0 Å². The van der Waals surface area contributed by atoms with E-state index in [1.54, 1.807) is 0 Å². The molecule has 0 aromatic heterocycles. The van der Waals surface area contributed by atoms with Gasteiger partial charge in [-0.1, -0.05) is 66.7 Å². The Hall–Kier alpha value is -3.40. The first kappa shape index (κ1) is 18.9. The van der Waals surface area contributed by atoms with Gasteiger partial charge < -0.3 is 10.4 Å². The van der Waals surface area contributed by atoms with Gasteiger partial charge in [-0.3, -0.25) is 4.79 Å². The third-order valence-electron chi connectivity index (χ3n) is 5.76. The monoisotopic (exact) mass is 385 g/mol. The van der Waals surface area contributed by atoms with Gasteiger partial charge in [-0.2, -0.15) is 0 Å². The average molecular weight is 385 g/mol. The number of carboxylic acids is 1. The molecule has 2 N–H and O–H groups in total. The fourth-order valence-electron chi connectivity index (χ4n) is 4.27. The van der Waals surface area contributed by atoms with Crippen LogP contribution in [0.4, 0.5) is 0 Å². The summed E-state index contributed by atoms with van der Waals surface area (Å²) in [6.45, 7) is 3.93. The van der Waals surface area contributed by atoms with Gasteiger partial charge in [0.15, 0.2) is 0 Å². The molecule has 3 aromatic rings. The standard InChI is InChI=1S/C25H23NO3/c1-15-8-7-9-16(2)21(15)14-22(25(28)29)26-24(27)23-19-12-5-3-10-17(19)18-11-4-6-13-20(18)23/h3-13,22-23H,14H2,1-2H3,(H,26,27)(H,28,29)/t22-/m1/s1. The van der Waals surface area contributed by atoms with Crippen molar-refractivity contribution in [2.24, 2.45) is 0 Å². The van der Waals surface area contributed by atoms with E-state index in [1.807, 2.05) is 80.6 Å². The zero-order valence-corrected chi connectivity index (χ0v) is 16.5. The number of fused-ring (bicyclic) bond motifs is 3. The number of hydrogen-bond donors (Lipinski definition) is 2. The van der Waals surface area contributed by atoms with Crippen LogP contribution in [0.5, 0.6) is 0 Å². The first-order valence-corrected chi connectivity index (χ1v) is 9.74. The van der Waals surface area contributed by atoms with Crippen molar-refractivity contribution >= 4 is 11.9 Å². The van der Waals surface area contributed by atoms with Gasteiger partial charge in [0.1, 0.15) is 6.04 Å². The van der Waals surface area contributed by atoms with E-state index < -0.39 is 17.9 Å². The second kappa shape index (κ2) is 7.55. The zero-order valence-electron chi connectivity index (χ0n) is 16.5. The van der Waals surface area contributed by atoms with Gasteiger partial charge in [-0.05, 0) is 52.8 Å². The third kappa shape index (κ3) is 3.42. The molecule has 1 aliphatic carbocycles. The Morgan fingerprint density at radius 2 is 1.38 bits per heavy atom. The molecule has 146 valence electrons. The molecule has 0 saturated heterocycles. The lowest BCUT2D eigenvalue weighted by atomic mass is 9.93. The van der Waals surface area contributed by atoms with Gasteiger partial charge in [-0.25, -0.2) is 4.79 Å². The summed E-state index contributed by atoms with van der Waals surface area (Å²) in [6, 6.07) is 20.5. The van der Waals surface area contributed by atoms with E-state index in [4.69, 9.17) is 0 Å². The summed E-state index contributed by atoms with van der Waals surface area (Å²) in [5.41, 5.74) is 6.93. The molecule has 0 spiro atoms. The number of hydrogen-bond acceptors (Lipinski definition) is 2. The maximum absolute atomic E-state index is 13.3. The van der Waals surface area contributed by atoms with E-state index in [2.05, 4.69) is 5.32 Å². The second-order valence-corrected chi connectivity index (χ2v) is 7.58. The predicted molar refractivity (Wildman–Crippen MR) is 113 cm³/mol. The third-order valence-corrected chi connectivity index (χ3v) is 5.76. The SMILES string of the molecule is Cc1cccc(C)c1C[C@@H](NC(=O)C1c2ccccc2-c2ccccc21)C(=O)O. The Morgan fingerprint density at radius 3 is 1.90 bits per heavy atom. The van der Waals surface area contributed by atoms with Crippen molar-refractivity contribution in [2.45, 2.75) is 32.2 Å². The molecule has 1 aliphatic rings. The number of aliphatic carboxylic acids is 1. The van der Waals surface area contributed by atoms with Gasteiger partial charge in [0.25, 0.3) is 0 Å². The lowest BCUT2D eigenvalue weighted by molar-refractivity contribution is -0.141. The lowest BCUT2D eigenvalue weighted by Crippen LogP contribution is -2.44. The summed E-state index contributed by atoms with van der Waals surface area (Å²) in [6.07, 6.45) is 0.260. The molecule has 1 amide bonds. The molecule has 0 fully saturated rings. The molecule has 29 heavy (non-hydrogen) atoms. The van der Waals surface area contributed by atoms with Crippen LogP contribution in [0.25, 0.3) is 11.1 Å². The molecule has 0 aliphatic heterocycles. The molecule has 0 unspecified atom stereocenters. The molecule has 4 heteroatoms. The minimum absolute atomic E-state index is 0.260. The van der Waals surface area contributed by atoms with Crippen LogP contribution in [0.2, 0.25) is 0 Å². The Morgan fingerprint density at radius 1 is 0.862 bits per heavy atom. The predicted octanol–water partition coefficient (Wildman–Crippen LogP) is 4.23. The quantitative estimate of drug-likeness (QED) is 0.691. The number of aryl methyl sites for hydroxylation is 2. The van der Waals surface area contributed by atoms with E-state index in [0.717, 1.165) is 38.9 Å². The maximum Gasteiger partial charge on any atom is 0.326 e. The summed E-state index contributed by atoms with van der Waals surface area (Å²) in [5.74, 6) is -1.80. The van der Waals surface area contributed by atoms with Gasteiger partial charge in [0.2, 0.25) is 5.91 Å². The summed E-state index contributed by atoms with van der Waals surface area (Å²) in [4.78, 5) is 25.2. The molecular formula is C25H23NO3. The number of amides is 1. The number of carbonyl (C=O) groups is 2. The highest BCUT2D eigenvalue weighted by atomic mass is 16.4. The van der Waals surface area contributed by atoms with Crippen molar-refractivity contribution in [3.8, 4) is 11.1 Å². The fourth-order valence-corrected chi connectivity index (χ4v) is 4.27. The van der Waals surface area contributed by atoms with Crippen LogP contribution in [0.1, 0.15) is 33.7 Å². The van der Waals surface area contributed by atoms with Gasteiger partial charge >= 0.3 is 5.97 Å². The minimum atomic E-state index is -1.03. The molecule has 4 nitrogen and oxygen atoms in total. The number of benzene rings is 3.